The first-order valence-corrected chi connectivity index (χ1v) is 13.0. The number of rotatable bonds is 2. The minimum atomic E-state index is 0.389. The van der Waals surface area contributed by atoms with Gasteiger partial charge in [0, 0.05) is 61.2 Å². The van der Waals surface area contributed by atoms with Gasteiger partial charge in [0.1, 0.15) is 11.6 Å². The second-order valence-corrected chi connectivity index (χ2v) is 11.0. The van der Waals surface area contributed by atoms with E-state index in [1.807, 2.05) is 0 Å². The van der Waals surface area contributed by atoms with E-state index >= 15 is 0 Å². The summed E-state index contributed by atoms with van der Waals surface area (Å²) in [5, 5.41) is 0. The van der Waals surface area contributed by atoms with Gasteiger partial charge in [-0.15, -0.1) is 0 Å². The molecule has 1 aliphatic carbocycles. The zero-order valence-electron chi connectivity index (χ0n) is 19.3. The van der Waals surface area contributed by atoms with Gasteiger partial charge in [0.15, 0.2) is 0 Å². The van der Waals surface area contributed by atoms with E-state index in [9.17, 15) is 9.59 Å². The van der Waals surface area contributed by atoms with Gasteiger partial charge in [-0.3, -0.25) is 9.59 Å². The first-order valence-electron chi connectivity index (χ1n) is 13.0. The third-order valence-corrected chi connectivity index (χ3v) is 9.02. The van der Waals surface area contributed by atoms with Gasteiger partial charge in [-0.1, -0.05) is 12.1 Å². The summed E-state index contributed by atoms with van der Waals surface area (Å²) >= 11 is 0. The molecule has 0 aromatic heterocycles. The van der Waals surface area contributed by atoms with Crippen molar-refractivity contribution in [1.82, 2.24) is 0 Å². The molecule has 4 aliphatic heterocycles. The van der Waals surface area contributed by atoms with Crippen LogP contribution in [0.2, 0.25) is 0 Å². The molecule has 0 unspecified atom stereocenters. The van der Waals surface area contributed by atoms with Gasteiger partial charge in [-0.25, -0.2) is 0 Å². The molecule has 2 aromatic carbocycles. The van der Waals surface area contributed by atoms with Crippen LogP contribution in [0, 0.1) is 0 Å². The summed E-state index contributed by atoms with van der Waals surface area (Å²) in [5.41, 5.74) is 8.20. The van der Waals surface area contributed by atoms with Crippen LogP contribution in [0.3, 0.4) is 0 Å². The summed E-state index contributed by atoms with van der Waals surface area (Å²) in [6.45, 7) is 0. The Hall–Kier alpha value is -2.62. The zero-order chi connectivity index (χ0) is 22.1. The number of carbonyl (C=O) groups is 2. The fourth-order valence-corrected chi connectivity index (χ4v) is 7.70. The van der Waals surface area contributed by atoms with E-state index in [0.717, 1.165) is 57.8 Å². The maximum absolute atomic E-state index is 12.2. The van der Waals surface area contributed by atoms with Crippen molar-refractivity contribution >= 4 is 22.9 Å². The molecule has 7 rings (SSSR count). The first kappa shape index (κ1) is 19.8. The number of hydrogen-bond donors (Lipinski definition) is 0. The lowest BCUT2D eigenvalue weighted by Gasteiger charge is -2.47. The molecule has 4 saturated heterocycles. The summed E-state index contributed by atoms with van der Waals surface area (Å²) in [6, 6.07) is 15.6. The highest BCUT2D eigenvalue weighted by molar-refractivity contribution is 5.85. The molecule has 0 radical (unpaired) electrons. The van der Waals surface area contributed by atoms with Crippen molar-refractivity contribution in [3.05, 3.63) is 47.5 Å². The molecule has 0 N–H and O–H groups in total. The monoisotopic (exact) mass is 440 g/mol. The minimum absolute atomic E-state index is 0.389. The number of hydrogen-bond acceptors (Lipinski definition) is 4. The molecule has 4 fully saturated rings. The number of piperidine rings is 4. The Bertz CT molecular complexity index is 1030. The highest BCUT2D eigenvalue weighted by Crippen LogP contribution is 2.44. The zero-order valence-corrected chi connectivity index (χ0v) is 19.3. The van der Waals surface area contributed by atoms with E-state index in [0.29, 0.717) is 35.7 Å². The summed E-state index contributed by atoms with van der Waals surface area (Å²) in [5.74, 6) is 0.900. The van der Waals surface area contributed by atoms with Crippen molar-refractivity contribution in [2.24, 2.45) is 0 Å². The maximum atomic E-state index is 12.2. The smallest absolute Gasteiger partial charge is 0.137 e. The van der Waals surface area contributed by atoms with E-state index in [2.05, 4.69) is 46.2 Å². The van der Waals surface area contributed by atoms with Crippen LogP contribution in [0.1, 0.15) is 75.3 Å². The molecule has 170 valence electrons. The van der Waals surface area contributed by atoms with E-state index < -0.39 is 0 Å². The number of ketones is 2. The number of benzene rings is 2. The second kappa shape index (κ2) is 7.44. The Morgan fingerprint density at radius 3 is 1.36 bits per heavy atom. The predicted molar refractivity (Wildman–Crippen MR) is 131 cm³/mol. The lowest BCUT2D eigenvalue weighted by molar-refractivity contribution is -0.122. The molecule has 0 spiro atoms. The van der Waals surface area contributed by atoms with Crippen LogP contribution in [0.5, 0.6) is 0 Å². The van der Waals surface area contributed by atoms with Gasteiger partial charge >= 0.3 is 0 Å². The third-order valence-electron chi connectivity index (χ3n) is 9.02. The number of fused-ring (bicyclic) bond motifs is 7. The predicted octanol–water partition coefficient (Wildman–Crippen LogP) is 5.44. The Morgan fingerprint density at radius 1 is 0.576 bits per heavy atom. The van der Waals surface area contributed by atoms with E-state index in [4.69, 9.17) is 0 Å². The fourth-order valence-electron chi connectivity index (χ4n) is 7.70. The number of nitrogens with zero attached hydrogens (tertiary/aromatic N) is 2. The van der Waals surface area contributed by atoms with Crippen LogP contribution in [-0.4, -0.2) is 35.7 Å². The molecule has 5 aliphatic rings. The van der Waals surface area contributed by atoms with Crippen LogP contribution >= 0.6 is 0 Å². The van der Waals surface area contributed by atoms with E-state index in [-0.39, 0.29) is 0 Å². The summed E-state index contributed by atoms with van der Waals surface area (Å²) in [4.78, 5) is 29.5. The highest BCUT2D eigenvalue weighted by atomic mass is 16.1. The second-order valence-electron chi connectivity index (χ2n) is 11.0. The van der Waals surface area contributed by atoms with Crippen molar-refractivity contribution < 1.29 is 9.59 Å². The molecule has 4 heterocycles. The van der Waals surface area contributed by atoms with Crippen molar-refractivity contribution in [1.29, 1.82) is 0 Å². The van der Waals surface area contributed by atoms with E-state index in [1.165, 1.54) is 46.5 Å². The molecule has 4 nitrogen and oxygen atoms in total. The number of carbonyl (C=O) groups excluding carboxylic acids is 2. The summed E-state index contributed by atoms with van der Waals surface area (Å²) in [7, 11) is 0. The molecule has 4 atom stereocenters. The first-order chi connectivity index (χ1) is 16.1. The topological polar surface area (TPSA) is 40.6 Å². The van der Waals surface area contributed by atoms with Crippen LogP contribution in [0.4, 0.5) is 11.4 Å². The molecule has 4 bridgehead atoms. The van der Waals surface area contributed by atoms with Gasteiger partial charge in [-0.05, 0) is 91.5 Å². The van der Waals surface area contributed by atoms with Gasteiger partial charge < -0.3 is 9.80 Å². The lowest BCUT2D eigenvalue weighted by Crippen LogP contribution is -2.52. The standard InChI is InChI=1S/C29H32N2O2/c32-26-14-20-3-1-4-21(15-26)30(20)24-7-9-28-18(12-24)11-19-13-25(8-10-29(19)28)31-22-5-2-6-23(31)17-27(33)16-22/h7-10,12-13,20-23H,1-6,11,14-17H2/t20-,21+,22-,23+. The van der Waals surface area contributed by atoms with Crippen molar-refractivity contribution in [3.8, 4) is 11.1 Å². The van der Waals surface area contributed by atoms with Gasteiger partial charge in [0.2, 0.25) is 0 Å². The SMILES string of the molecule is O=C1C[C@H]2CCC[C@@H](C1)N2c1ccc2c(c1)Cc1cc(N3[C@@H]4CCC[C@H]3CC(=O)C4)ccc1-2. The summed E-state index contributed by atoms with van der Waals surface area (Å²) < 4.78 is 0. The number of anilines is 2. The van der Waals surface area contributed by atoms with Gasteiger partial charge in [-0.2, -0.15) is 0 Å². The van der Waals surface area contributed by atoms with Gasteiger partial charge in [0.25, 0.3) is 0 Å². The van der Waals surface area contributed by atoms with Gasteiger partial charge in [0.05, 0.1) is 0 Å². The molecule has 0 amide bonds. The Labute approximate surface area is 196 Å². The highest BCUT2D eigenvalue weighted by Gasteiger charge is 2.39. The quantitative estimate of drug-likeness (QED) is 0.532. The average molecular weight is 441 g/mol. The molecule has 4 heteroatoms. The molecular formula is C29H32N2O2. The van der Waals surface area contributed by atoms with Crippen LogP contribution in [0.15, 0.2) is 36.4 Å². The normalized spacial score (nSPS) is 30.3. The van der Waals surface area contributed by atoms with Crippen LogP contribution in [-0.2, 0) is 16.0 Å². The molecular weight excluding hydrogens is 408 g/mol. The van der Waals surface area contributed by atoms with Crippen molar-refractivity contribution in [3.63, 3.8) is 0 Å². The fraction of sp³-hybridized carbons (Fsp3) is 0.517. The lowest BCUT2D eigenvalue weighted by atomic mass is 9.83. The van der Waals surface area contributed by atoms with Crippen LogP contribution < -0.4 is 9.80 Å². The molecule has 33 heavy (non-hydrogen) atoms. The van der Waals surface area contributed by atoms with E-state index in [1.54, 1.807) is 0 Å². The third kappa shape index (κ3) is 3.17. The minimum Gasteiger partial charge on any atom is -0.365 e. The Balaban J connectivity index is 1.19. The molecule has 0 saturated carbocycles. The maximum Gasteiger partial charge on any atom is 0.137 e. The Morgan fingerprint density at radius 2 is 0.970 bits per heavy atom. The van der Waals surface area contributed by atoms with Crippen molar-refractivity contribution in [2.45, 2.75) is 94.8 Å². The Kier molecular flexibility index (Phi) is 4.47. The largest absolute Gasteiger partial charge is 0.365 e. The summed E-state index contributed by atoms with van der Waals surface area (Å²) in [6.07, 6.45) is 10.9. The average Bonchev–Trinajstić information content (AvgIpc) is 3.14. The number of Topliss-reactive ketones (excluding diaryl/α,β-unsaturated/α-hetero) is 2. The van der Waals surface area contributed by atoms with Crippen molar-refractivity contribution in [2.75, 3.05) is 9.80 Å². The molecule has 2 aromatic rings. The van der Waals surface area contributed by atoms with Crippen LogP contribution in [0.25, 0.3) is 11.1 Å².